The molecule has 0 radical (unpaired) electrons. The number of aryl methyl sites for hydroxylation is 1. The Labute approximate surface area is 77.8 Å². The van der Waals surface area contributed by atoms with Gasteiger partial charge in [0.25, 0.3) is 0 Å². The summed E-state index contributed by atoms with van der Waals surface area (Å²) in [4.78, 5) is 1.92. The minimum atomic E-state index is 0.506. The Morgan fingerprint density at radius 1 is 1.62 bits per heavy atom. The van der Waals surface area contributed by atoms with E-state index in [9.17, 15) is 0 Å². The van der Waals surface area contributed by atoms with E-state index in [0.717, 1.165) is 11.4 Å². The van der Waals surface area contributed by atoms with Crippen molar-refractivity contribution in [2.75, 3.05) is 18.5 Å². The van der Waals surface area contributed by atoms with Gasteiger partial charge in [-0.25, -0.2) is 0 Å². The maximum atomic E-state index is 8.40. The number of rotatable bonds is 3. The van der Waals surface area contributed by atoms with Crippen molar-refractivity contribution in [3.63, 3.8) is 0 Å². The second-order valence-electron chi connectivity index (χ2n) is 2.92. The summed E-state index contributed by atoms with van der Waals surface area (Å²) in [6, 6.07) is 4.04. The predicted octanol–water partition coefficient (Wildman–Crippen LogP) is 1.13. The van der Waals surface area contributed by atoms with Crippen LogP contribution in [0.5, 0.6) is 0 Å². The van der Waals surface area contributed by atoms with Crippen LogP contribution in [0.2, 0.25) is 0 Å². The largest absolute Gasteiger partial charge is 0.357 e. The molecule has 0 aliphatic rings. The summed E-state index contributed by atoms with van der Waals surface area (Å²) in [6.07, 6.45) is 2.22. The predicted molar refractivity (Wildman–Crippen MR) is 50.3 cm³/mol. The zero-order valence-corrected chi connectivity index (χ0v) is 7.86. The van der Waals surface area contributed by atoms with Gasteiger partial charge in [0.05, 0.1) is 18.7 Å². The molecule has 13 heavy (non-hydrogen) atoms. The first kappa shape index (κ1) is 9.46. The maximum absolute atomic E-state index is 8.40. The van der Waals surface area contributed by atoms with Gasteiger partial charge in [0.2, 0.25) is 0 Å². The van der Waals surface area contributed by atoms with Crippen LogP contribution in [0, 0.1) is 18.3 Å². The van der Waals surface area contributed by atoms with Crippen molar-refractivity contribution in [2.45, 2.75) is 13.3 Å². The van der Waals surface area contributed by atoms with E-state index in [0.29, 0.717) is 13.0 Å². The zero-order chi connectivity index (χ0) is 9.68. The van der Waals surface area contributed by atoms with Crippen molar-refractivity contribution in [2.24, 2.45) is 0 Å². The lowest BCUT2D eigenvalue weighted by atomic mass is 10.3. The summed E-state index contributed by atoms with van der Waals surface area (Å²) in [6.45, 7) is 2.66. The fourth-order valence-electron chi connectivity index (χ4n) is 0.968. The first-order valence-corrected chi connectivity index (χ1v) is 4.11. The summed E-state index contributed by atoms with van der Waals surface area (Å²) >= 11 is 0. The van der Waals surface area contributed by atoms with Crippen molar-refractivity contribution < 1.29 is 0 Å². The third-order valence-corrected chi connectivity index (χ3v) is 1.73. The lowest BCUT2D eigenvalue weighted by Gasteiger charge is -2.15. The van der Waals surface area contributed by atoms with Crippen LogP contribution in [0.3, 0.4) is 0 Å². The van der Waals surface area contributed by atoms with Gasteiger partial charge >= 0.3 is 0 Å². The average Bonchev–Trinajstić information content (AvgIpc) is 2.14. The summed E-state index contributed by atoms with van der Waals surface area (Å²) in [5.74, 6) is 0.815. The molecule has 0 amide bonds. The number of anilines is 1. The van der Waals surface area contributed by atoms with Gasteiger partial charge in [-0.05, 0) is 18.6 Å². The molecule has 0 saturated heterocycles. The number of hydrogen-bond acceptors (Lipinski definition) is 4. The maximum Gasteiger partial charge on any atom is 0.151 e. The van der Waals surface area contributed by atoms with E-state index < -0.39 is 0 Å². The summed E-state index contributed by atoms with van der Waals surface area (Å²) < 4.78 is 0. The third-order valence-electron chi connectivity index (χ3n) is 1.73. The second-order valence-corrected chi connectivity index (χ2v) is 2.92. The molecule has 0 aliphatic heterocycles. The lowest BCUT2D eigenvalue weighted by molar-refractivity contribution is 0.855. The van der Waals surface area contributed by atoms with Gasteiger partial charge in [-0.15, -0.1) is 5.10 Å². The van der Waals surface area contributed by atoms with Gasteiger partial charge < -0.3 is 4.90 Å². The molecule has 0 N–H and O–H groups in total. The Morgan fingerprint density at radius 3 is 3.00 bits per heavy atom. The minimum Gasteiger partial charge on any atom is -0.357 e. The first-order valence-electron chi connectivity index (χ1n) is 4.11. The smallest absolute Gasteiger partial charge is 0.151 e. The third kappa shape index (κ3) is 2.71. The molecular weight excluding hydrogens is 164 g/mol. The molecule has 68 valence electrons. The van der Waals surface area contributed by atoms with Gasteiger partial charge in [-0.1, -0.05) is 0 Å². The van der Waals surface area contributed by atoms with E-state index in [4.69, 9.17) is 5.26 Å². The normalized spacial score (nSPS) is 9.31. The van der Waals surface area contributed by atoms with Crippen LogP contribution in [0.4, 0.5) is 5.82 Å². The van der Waals surface area contributed by atoms with Gasteiger partial charge in [0, 0.05) is 13.6 Å². The summed E-state index contributed by atoms with van der Waals surface area (Å²) in [5, 5.41) is 16.2. The molecule has 1 heterocycles. The van der Waals surface area contributed by atoms with Gasteiger partial charge in [-0.2, -0.15) is 10.4 Å². The van der Waals surface area contributed by atoms with Crippen molar-refractivity contribution in [3.8, 4) is 6.07 Å². The molecule has 0 saturated carbocycles. The van der Waals surface area contributed by atoms with Crippen molar-refractivity contribution in [1.82, 2.24) is 10.2 Å². The van der Waals surface area contributed by atoms with Crippen LogP contribution in [0.25, 0.3) is 0 Å². The molecule has 4 heteroatoms. The number of aromatic nitrogens is 2. The van der Waals surface area contributed by atoms with E-state index in [1.807, 2.05) is 24.9 Å². The van der Waals surface area contributed by atoms with Gasteiger partial charge in [0.15, 0.2) is 5.82 Å². The standard InChI is InChI=1S/C9H12N4/c1-8-6-9(12-11-7-8)13(2)5-3-4-10/h6-7H,3,5H2,1-2H3. The number of nitriles is 1. The van der Waals surface area contributed by atoms with Crippen LogP contribution in [-0.2, 0) is 0 Å². The molecule has 1 aromatic heterocycles. The van der Waals surface area contributed by atoms with Crippen LogP contribution in [-0.4, -0.2) is 23.8 Å². The Morgan fingerprint density at radius 2 is 2.38 bits per heavy atom. The molecule has 0 unspecified atom stereocenters. The van der Waals surface area contributed by atoms with E-state index in [1.54, 1.807) is 6.20 Å². The first-order chi connectivity index (χ1) is 6.24. The molecule has 0 fully saturated rings. The zero-order valence-electron chi connectivity index (χ0n) is 7.86. The van der Waals surface area contributed by atoms with Gasteiger partial charge in [0.1, 0.15) is 0 Å². The molecule has 0 spiro atoms. The lowest BCUT2D eigenvalue weighted by Crippen LogP contribution is -2.19. The van der Waals surface area contributed by atoms with Crippen molar-refractivity contribution in [3.05, 3.63) is 17.8 Å². The van der Waals surface area contributed by atoms with Crippen LogP contribution >= 0.6 is 0 Å². The highest BCUT2D eigenvalue weighted by molar-refractivity contribution is 5.37. The monoisotopic (exact) mass is 176 g/mol. The minimum absolute atomic E-state index is 0.506. The molecular formula is C9H12N4. The average molecular weight is 176 g/mol. The van der Waals surface area contributed by atoms with Crippen LogP contribution in [0.15, 0.2) is 12.3 Å². The molecule has 4 nitrogen and oxygen atoms in total. The highest BCUT2D eigenvalue weighted by atomic mass is 15.2. The highest BCUT2D eigenvalue weighted by Crippen LogP contribution is 2.08. The summed E-state index contributed by atoms with van der Waals surface area (Å²) in [5.41, 5.74) is 1.08. The topological polar surface area (TPSA) is 52.8 Å². The number of nitrogens with zero attached hydrogens (tertiary/aromatic N) is 4. The van der Waals surface area contributed by atoms with Crippen LogP contribution < -0.4 is 4.90 Å². The molecule has 1 aromatic rings. The fraction of sp³-hybridized carbons (Fsp3) is 0.444. The Balaban J connectivity index is 2.66. The van der Waals surface area contributed by atoms with E-state index in [1.165, 1.54) is 0 Å². The fourth-order valence-corrected chi connectivity index (χ4v) is 0.968. The molecule has 0 atom stereocenters. The van der Waals surface area contributed by atoms with E-state index in [-0.39, 0.29) is 0 Å². The molecule has 0 bridgehead atoms. The highest BCUT2D eigenvalue weighted by Gasteiger charge is 2.01. The van der Waals surface area contributed by atoms with Gasteiger partial charge in [-0.3, -0.25) is 0 Å². The second kappa shape index (κ2) is 4.41. The van der Waals surface area contributed by atoms with E-state index in [2.05, 4.69) is 16.3 Å². The molecule has 0 aromatic carbocycles. The molecule has 0 aliphatic carbocycles. The Kier molecular flexibility index (Phi) is 3.21. The van der Waals surface area contributed by atoms with Crippen molar-refractivity contribution >= 4 is 5.82 Å². The van der Waals surface area contributed by atoms with E-state index >= 15 is 0 Å². The SMILES string of the molecule is Cc1cnnc(N(C)CCC#N)c1. The van der Waals surface area contributed by atoms with Crippen molar-refractivity contribution in [1.29, 1.82) is 5.26 Å². The Bertz CT molecular complexity index is 316. The van der Waals surface area contributed by atoms with Crippen LogP contribution in [0.1, 0.15) is 12.0 Å². The quantitative estimate of drug-likeness (QED) is 0.692. The molecule has 1 rings (SSSR count). The number of hydrogen-bond donors (Lipinski definition) is 0. The summed E-state index contributed by atoms with van der Waals surface area (Å²) in [7, 11) is 1.90. The Hall–Kier alpha value is -1.63.